The maximum atomic E-state index is 12.7. The molecule has 0 aliphatic carbocycles. The zero-order valence-corrected chi connectivity index (χ0v) is 15.3. The molecule has 2 unspecified atom stereocenters. The number of hydrogen-bond donors (Lipinski definition) is 0. The second-order valence-electron chi connectivity index (χ2n) is 3.52. The standard InChI is InChI=1S/C10H15Cl2F2O2.3Fe/c1-6(2)7(3)16-5-8(15-4)9(11)10(12,13)14;;;/h8-9H,4-5H2,1-3H3;;;/q-1;;;. The van der Waals surface area contributed by atoms with E-state index in [2.05, 4.69) is 11.8 Å². The monoisotopic (exact) mass is 443 g/mol. The minimum atomic E-state index is -3.56. The number of hydrogen-bond acceptors (Lipinski definition) is 2. The summed E-state index contributed by atoms with van der Waals surface area (Å²) in [7, 11) is 3.07. The summed E-state index contributed by atoms with van der Waals surface area (Å²) in [4.78, 5) is 0. The summed E-state index contributed by atoms with van der Waals surface area (Å²) >= 11 is 10.2. The fourth-order valence-corrected chi connectivity index (χ4v) is 1.07. The van der Waals surface area contributed by atoms with Gasteiger partial charge in [-0.2, -0.15) is 8.78 Å². The first-order valence-corrected chi connectivity index (χ1v) is 5.40. The zero-order valence-electron chi connectivity index (χ0n) is 10.5. The van der Waals surface area contributed by atoms with Crippen molar-refractivity contribution in [3.05, 3.63) is 18.4 Å². The first kappa shape index (κ1) is 28.6. The van der Waals surface area contributed by atoms with E-state index in [1.165, 1.54) is 0 Å². The Balaban J connectivity index is -0.000000375. The van der Waals surface area contributed by atoms with Crippen LogP contribution < -0.4 is 0 Å². The molecule has 9 heteroatoms. The molecule has 19 heavy (non-hydrogen) atoms. The molecule has 0 aliphatic heterocycles. The Kier molecular flexibility index (Phi) is 19.9. The van der Waals surface area contributed by atoms with E-state index in [4.69, 9.17) is 27.9 Å². The molecule has 0 N–H and O–H groups in total. The third kappa shape index (κ3) is 11.8. The van der Waals surface area contributed by atoms with Crippen LogP contribution in [0.4, 0.5) is 8.78 Å². The van der Waals surface area contributed by atoms with Crippen molar-refractivity contribution in [3.8, 4) is 0 Å². The van der Waals surface area contributed by atoms with Crippen molar-refractivity contribution in [2.75, 3.05) is 6.61 Å². The summed E-state index contributed by atoms with van der Waals surface area (Å²) in [6.07, 6.45) is -1.08. The molecule has 0 aliphatic rings. The van der Waals surface area contributed by atoms with E-state index in [0.29, 0.717) is 5.76 Å². The summed E-state index contributed by atoms with van der Waals surface area (Å²) in [6.45, 7) is 5.27. The smallest absolute Gasteiger partial charge is 0.340 e. The molecule has 0 rings (SSSR count). The summed E-state index contributed by atoms with van der Waals surface area (Å²) < 4.78 is 35.2. The molecule has 0 fully saturated rings. The van der Waals surface area contributed by atoms with Crippen molar-refractivity contribution in [1.29, 1.82) is 0 Å². The van der Waals surface area contributed by atoms with Gasteiger partial charge in [0.25, 0.3) is 0 Å². The van der Waals surface area contributed by atoms with E-state index < -0.39 is 16.9 Å². The molecule has 2 atom stereocenters. The minimum absolute atomic E-state index is 0. The van der Waals surface area contributed by atoms with Crippen LogP contribution in [0, 0.1) is 7.11 Å². The average Bonchev–Trinajstić information content (AvgIpc) is 2.16. The third-order valence-electron chi connectivity index (χ3n) is 2.02. The number of alkyl halides is 4. The van der Waals surface area contributed by atoms with Crippen LogP contribution in [-0.4, -0.2) is 23.5 Å². The van der Waals surface area contributed by atoms with Crippen molar-refractivity contribution in [3.63, 3.8) is 0 Å². The molecule has 0 heterocycles. The van der Waals surface area contributed by atoms with Crippen LogP contribution in [0.15, 0.2) is 11.3 Å². The molecule has 0 radical (unpaired) electrons. The molecule has 0 aromatic carbocycles. The zero-order chi connectivity index (χ0) is 12.9. The van der Waals surface area contributed by atoms with Crippen LogP contribution in [0.5, 0.6) is 0 Å². The molecular weight excluding hydrogens is 429 g/mol. The average molecular weight is 444 g/mol. The van der Waals surface area contributed by atoms with Crippen LogP contribution in [0.25, 0.3) is 0 Å². The van der Waals surface area contributed by atoms with E-state index in [-0.39, 0.29) is 57.8 Å². The molecule has 0 aromatic heterocycles. The van der Waals surface area contributed by atoms with Gasteiger partial charge in [-0.25, -0.2) is 7.11 Å². The van der Waals surface area contributed by atoms with Gasteiger partial charge in [-0.15, -0.1) is 11.6 Å². The number of allylic oxidation sites excluding steroid dienone is 2. The van der Waals surface area contributed by atoms with E-state index in [1.807, 2.05) is 13.8 Å². The molecular formula is C10H15Cl2F2Fe3O2-. The predicted octanol–water partition coefficient (Wildman–Crippen LogP) is 3.93. The van der Waals surface area contributed by atoms with Crippen LogP contribution in [0.1, 0.15) is 20.8 Å². The molecule has 0 aromatic rings. The Morgan fingerprint density at radius 2 is 1.63 bits per heavy atom. The van der Waals surface area contributed by atoms with Crippen molar-refractivity contribution >= 4 is 23.2 Å². The summed E-state index contributed by atoms with van der Waals surface area (Å²) in [5.41, 5.74) is 0.937. The largest absolute Gasteiger partial charge is 0.549 e. The minimum Gasteiger partial charge on any atom is -0.549 e. The van der Waals surface area contributed by atoms with E-state index in [9.17, 15) is 8.78 Å². The van der Waals surface area contributed by atoms with Gasteiger partial charge in [0.15, 0.2) is 0 Å². The normalized spacial score (nSPS) is 13.1. The Bertz CT molecular complexity index is 260. The van der Waals surface area contributed by atoms with Gasteiger partial charge in [0.05, 0.1) is 11.9 Å². The fraction of sp³-hybridized carbons (Fsp3) is 0.700. The van der Waals surface area contributed by atoms with Gasteiger partial charge in [0, 0.05) is 51.2 Å². The van der Waals surface area contributed by atoms with Gasteiger partial charge >= 0.3 is 5.38 Å². The molecule has 2 nitrogen and oxygen atoms in total. The Morgan fingerprint density at radius 1 is 1.21 bits per heavy atom. The first-order valence-electron chi connectivity index (χ1n) is 4.58. The maximum absolute atomic E-state index is 12.7. The SMILES string of the molecule is [CH2-]OC(COC(C)=C(C)C)C(Cl)C(F)(F)Cl.[Fe].[Fe].[Fe]. The van der Waals surface area contributed by atoms with Gasteiger partial charge in [0.2, 0.25) is 0 Å². The summed E-state index contributed by atoms with van der Waals surface area (Å²) in [5.74, 6) is 0.629. The second-order valence-corrected chi connectivity index (χ2v) is 4.49. The van der Waals surface area contributed by atoms with Crippen LogP contribution in [0.3, 0.4) is 0 Å². The number of halogens is 4. The molecule has 120 valence electrons. The van der Waals surface area contributed by atoms with Crippen molar-refractivity contribution in [2.24, 2.45) is 0 Å². The Hall–Kier alpha value is 1.50. The Morgan fingerprint density at radius 3 is 1.89 bits per heavy atom. The van der Waals surface area contributed by atoms with E-state index >= 15 is 0 Å². The molecule has 0 amide bonds. The molecule has 0 bridgehead atoms. The summed E-state index contributed by atoms with van der Waals surface area (Å²) in [5, 5.41) is -5.26. The van der Waals surface area contributed by atoms with Gasteiger partial charge in [-0.3, -0.25) is 0 Å². The van der Waals surface area contributed by atoms with Crippen molar-refractivity contribution < 1.29 is 69.5 Å². The van der Waals surface area contributed by atoms with Crippen LogP contribution >= 0.6 is 23.2 Å². The van der Waals surface area contributed by atoms with Crippen molar-refractivity contribution in [2.45, 2.75) is 37.6 Å². The second kappa shape index (κ2) is 13.2. The quantitative estimate of drug-likeness (QED) is 0.268. The van der Waals surface area contributed by atoms with Gasteiger partial charge < -0.3 is 9.47 Å². The Labute approximate surface area is 154 Å². The third-order valence-corrected chi connectivity index (χ3v) is 2.92. The number of rotatable bonds is 6. The molecule has 0 saturated carbocycles. The van der Waals surface area contributed by atoms with Gasteiger partial charge in [0.1, 0.15) is 12.0 Å². The topological polar surface area (TPSA) is 18.5 Å². The summed E-state index contributed by atoms with van der Waals surface area (Å²) in [6, 6.07) is 0. The van der Waals surface area contributed by atoms with Gasteiger partial charge in [-0.05, 0) is 37.9 Å². The van der Waals surface area contributed by atoms with Crippen LogP contribution in [0.2, 0.25) is 0 Å². The van der Waals surface area contributed by atoms with E-state index in [1.54, 1.807) is 6.92 Å². The van der Waals surface area contributed by atoms with Crippen molar-refractivity contribution in [1.82, 2.24) is 0 Å². The first-order chi connectivity index (χ1) is 7.20. The van der Waals surface area contributed by atoms with Crippen LogP contribution in [-0.2, 0) is 60.7 Å². The fourth-order valence-electron chi connectivity index (χ4n) is 0.779. The van der Waals surface area contributed by atoms with E-state index in [0.717, 1.165) is 5.57 Å². The predicted molar refractivity (Wildman–Crippen MR) is 60.7 cm³/mol. The van der Waals surface area contributed by atoms with Gasteiger partial charge in [-0.1, -0.05) is 0 Å². The maximum Gasteiger partial charge on any atom is 0.340 e. The number of ether oxygens (including phenoxy) is 2. The molecule has 0 saturated heterocycles. The molecule has 0 spiro atoms.